The van der Waals surface area contributed by atoms with Gasteiger partial charge in [-0.15, -0.1) is 0 Å². The van der Waals surface area contributed by atoms with Crippen LogP contribution in [-0.4, -0.2) is 0 Å². The SMILES string of the molecule is c1ccc(N(c2ccc3c(c2)C2(c4ccccc4-3)c3ccccc3N(c3ccccc3)c3ccccc32)c2ccc3c(c2)C2(c4ccccc4-3)c3ccccc3N(c3ccccc3)c3ccccc32)cc1. The third-order valence-corrected chi connectivity index (χ3v) is 15.8. The Morgan fingerprint density at radius 1 is 0.225 bits per heavy atom. The molecule has 11 aromatic rings. The quantitative estimate of drug-likeness (QED) is 0.170. The summed E-state index contributed by atoms with van der Waals surface area (Å²) in [5, 5.41) is 0. The van der Waals surface area contributed by atoms with Crippen molar-refractivity contribution in [3.63, 3.8) is 0 Å². The highest BCUT2D eigenvalue weighted by Gasteiger charge is 2.54. The minimum Gasteiger partial charge on any atom is -0.310 e. The van der Waals surface area contributed by atoms with Crippen molar-refractivity contribution < 1.29 is 0 Å². The Balaban J connectivity index is 0.984. The summed E-state index contributed by atoms with van der Waals surface area (Å²) in [6.45, 7) is 0. The van der Waals surface area contributed by atoms with Crippen LogP contribution in [0.25, 0.3) is 22.3 Å². The first-order valence-electron chi connectivity index (χ1n) is 24.7. The van der Waals surface area contributed by atoms with Crippen molar-refractivity contribution in [3.8, 4) is 22.3 Å². The summed E-state index contributed by atoms with van der Waals surface area (Å²) < 4.78 is 0. The lowest BCUT2D eigenvalue weighted by atomic mass is 9.64. The zero-order valence-corrected chi connectivity index (χ0v) is 38.8. The third kappa shape index (κ3) is 5.32. The number of benzene rings is 11. The molecule has 2 spiro atoms. The molecule has 0 aromatic heterocycles. The Morgan fingerprint density at radius 3 is 0.901 bits per heavy atom. The average molecular weight is 904 g/mol. The molecule has 2 aliphatic heterocycles. The van der Waals surface area contributed by atoms with Crippen LogP contribution in [0.5, 0.6) is 0 Å². The van der Waals surface area contributed by atoms with E-state index in [0.717, 1.165) is 28.4 Å². The van der Waals surface area contributed by atoms with Gasteiger partial charge < -0.3 is 14.7 Å². The van der Waals surface area contributed by atoms with Crippen molar-refractivity contribution in [3.05, 3.63) is 317 Å². The molecule has 2 heterocycles. The highest BCUT2D eigenvalue weighted by molar-refractivity contribution is 5.99. The van der Waals surface area contributed by atoms with Crippen LogP contribution in [0, 0.1) is 0 Å². The van der Waals surface area contributed by atoms with E-state index in [9.17, 15) is 0 Å². The molecule has 15 rings (SSSR count). The Bertz CT molecular complexity index is 3580. The number of hydrogen-bond donors (Lipinski definition) is 0. The first-order chi connectivity index (χ1) is 35.3. The van der Waals surface area contributed by atoms with Crippen LogP contribution in [0.2, 0.25) is 0 Å². The van der Waals surface area contributed by atoms with Gasteiger partial charge in [0.05, 0.1) is 33.6 Å². The molecule has 0 radical (unpaired) electrons. The zero-order chi connectivity index (χ0) is 46.7. The molecule has 0 saturated carbocycles. The van der Waals surface area contributed by atoms with E-state index in [-0.39, 0.29) is 0 Å². The van der Waals surface area contributed by atoms with E-state index >= 15 is 0 Å². The molecule has 0 fully saturated rings. The molecule has 0 unspecified atom stereocenters. The molecular formula is C68H45N3. The monoisotopic (exact) mass is 903 g/mol. The van der Waals surface area contributed by atoms with Gasteiger partial charge in [-0.2, -0.15) is 0 Å². The lowest BCUT2D eigenvalue weighted by molar-refractivity contribution is 0.752. The maximum atomic E-state index is 2.51. The smallest absolute Gasteiger partial charge is 0.0755 e. The van der Waals surface area contributed by atoms with Gasteiger partial charge in [-0.1, -0.05) is 188 Å². The Kier molecular flexibility index (Phi) is 8.49. The summed E-state index contributed by atoms with van der Waals surface area (Å²) in [5.74, 6) is 0. The Labute approximate surface area is 414 Å². The predicted octanol–water partition coefficient (Wildman–Crippen LogP) is 17.4. The zero-order valence-electron chi connectivity index (χ0n) is 38.8. The molecule has 11 aromatic carbocycles. The van der Waals surface area contributed by atoms with Crippen molar-refractivity contribution >= 4 is 51.2 Å². The maximum Gasteiger partial charge on any atom is 0.0755 e. The molecule has 4 aliphatic rings. The molecule has 3 heteroatoms. The summed E-state index contributed by atoms with van der Waals surface area (Å²) in [7, 11) is 0. The second kappa shape index (κ2) is 15.2. The van der Waals surface area contributed by atoms with Gasteiger partial charge in [0.15, 0.2) is 0 Å². The van der Waals surface area contributed by atoms with Gasteiger partial charge >= 0.3 is 0 Å². The van der Waals surface area contributed by atoms with E-state index in [0.29, 0.717) is 0 Å². The van der Waals surface area contributed by atoms with E-state index in [1.54, 1.807) is 0 Å². The van der Waals surface area contributed by atoms with Gasteiger partial charge in [-0.05, 0) is 152 Å². The lowest BCUT2D eigenvalue weighted by Gasteiger charge is -2.45. The lowest BCUT2D eigenvalue weighted by Crippen LogP contribution is -2.36. The molecule has 0 N–H and O–H groups in total. The molecular weight excluding hydrogens is 859 g/mol. The van der Waals surface area contributed by atoms with Crippen molar-refractivity contribution in [2.75, 3.05) is 14.7 Å². The Hall–Kier alpha value is -9.18. The normalized spacial score (nSPS) is 14.4. The molecule has 0 amide bonds. The summed E-state index contributed by atoms with van der Waals surface area (Å²) in [4.78, 5) is 7.40. The molecule has 0 saturated heterocycles. The average Bonchev–Trinajstić information content (AvgIpc) is 3.89. The molecule has 332 valence electrons. The van der Waals surface area contributed by atoms with E-state index in [4.69, 9.17) is 0 Å². The van der Waals surface area contributed by atoms with E-state index in [1.165, 1.54) is 89.5 Å². The predicted molar refractivity (Wildman–Crippen MR) is 292 cm³/mol. The maximum absolute atomic E-state index is 2.51. The number of nitrogens with zero attached hydrogens (tertiary/aromatic N) is 3. The number of fused-ring (bicyclic) bond motifs is 18. The van der Waals surface area contributed by atoms with Gasteiger partial charge in [0, 0.05) is 28.4 Å². The second-order valence-corrected chi connectivity index (χ2v) is 19.1. The summed E-state index contributed by atoms with van der Waals surface area (Å²) in [6.07, 6.45) is 0. The minimum atomic E-state index is -0.591. The van der Waals surface area contributed by atoms with Crippen LogP contribution in [0.4, 0.5) is 51.2 Å². The van der Waals surface area contributed by atoms with E-state index < -0.39 is 10.8 Å². The van der Waals surface area contributed by atoms with E-state index in [2.05, 4.69) is 288 Å². The summed E-state index contributed by atoms with van der Waals surface area (Å²) in [6, 6.07) is 102. The van der Waals surface area contributed by atoms with Crippen LogP contribution in [0.3, 0.4) is 0 Å². The fraction of sp³-hybridized carbons (Fsp3) is 0.0294. The van der Waals surface area contributed by atoms with Gasteiger partial charge in [-0.3, -0.25) is 0 Å². The van der Waals surface area contributed by atoms with Crippen LogP contribution in [0.15, 0.2) is 273 Å². The largest absolute Gasteiger partial charge is 0.310 e. The van der Waals surface area contributed by atoms with Gasteiger partial charge in [0.1, 0.15) is 0 Å². The first-order valence-corrected chi connectivity index (χ1v) is 24.7. The number of hydrogen-bond acceptors (Lipinski definition) is 3. The van der Waals surface area contributed by atoms with Crippen molar-refractivity contribution in [1.29, 1.82) is 0 Å². The molecule has 2 aliphatic carbocycles. The van der Waals surface area contributed by atoms with Crippen LogP contribution in [0.1, 0.15) is 44.5 Å². The van der Waals surface area contributed by atoms with Gasteiger partial charge in [0.2, 0.25) is 0 Å². The standard InChI is InChI=1S/C68H45N3/c1-4-22-46(23-5-1)69(49-40-42-53-51-28-10-12-30-55(51)67(61(53)44-49)57-32-14-18-36-63(57)70(47-24-6-2-7-25-47)64-37-19-15-33-58(64)67)50-41-43-54-52-29-11-13-31-56(52)68(62(54)45-50)59-34-16-20-38-65(59)71(48-26-8-3-9-27-48)66-39-21-17-35-60(66)68/h1-45H. The Morgan fingerprint density at radius 2 is 0.521 bits per heavy atom. The summed E-state index contributed by atoms with van der Waals surface area (Å²) >= 11 is 0. The summed E-state index contributed by atoms with van der Waals surface area (Å²) in [5.41, 5.74) is 24.5. The van der Waals surface area contributed by atoms with Crippen molar-refractivity contribution in [1.82, 2.24) is 0 Å². The van der Waals surface area contributed by atoms with Gasteiger partial charge in [-0.25, -0.2) is 0 Å². The molecule has 0 atom stereocenters. The van der Waals surface area contributed by atoms with Crippen LogP contribution >= 0.6 is 0 Å². The first kappa shape index (κ1) is 39.8. The second-order valence-electron chi connectivity index (χ2n) is 19.1. The minimum absolute atomic E-state index is 0.591. The number of rotatable bonds is 5. The fourth-order valence-corrected chi connectivity index (χ4v) is 13.2. The molecule has 71 heavy (non-hydrogen) atoms. The van der Waals surface area contributed by atoms with Crippen molar-refractivity contribution in [2.24, 2.45) is 0 Å². The third-order valence-electron chi connectivity index (χ3n) is 15.8. The molecule has 3 nitrogen and oxygen atoms in total. The molecule has 0 bridgehead atoms. The van der Waals surface area contributed by atoms with Crippen molar-refractivity contribution in [2.45, 2.75) is 10.8 Å². The topological polar surface area (TPSA) is 9.72 Å². The fourth-order valence-electron chi connectivity index (χ4n) is 13.2. The van der Waals surface area contributed by atoms with Crippen LogP contribution < -0.4 is 14.7 Å². The van der Waals surface area contributed by atoms with E-state index in [1.807, 2.05) is 0 Å². The van der Waals surface area contributed by atoms with Crippen LogP contribution in [-0.2, 0) is 10.8 Å². The highest BCUT2D eigenvalue weighted by atomic mass is 15.2. The highest BCUT2D eigenvalue weighted by Crippen LogP contribution is 2.66. The number of anilines is 9. The number of para-hydroxylation sites is 7. The van der Waals surface area contributed by atoms with Gasteiger partial charge in [0.25, 0.3) is 0 Å².